The van der Waals surface area contributed by atoms with Crippen LogP contribution in [0.2, 0.25) is 0 Å². The van der Waals surface area contributed by atoms with Crippen LogP contribution >= 0.6 is 11.3 Å². The van der Waals surface area contributed by atoms with Crippen LogP contribution in [0.4, 0.5) is 0 Å². The van der Waals surface area contributed by atoms with E-state index in [1.807, 2.05) is 37.3 Å². The van der Waals surface area contributed by atoms with Crippen LogP contribution in [0.1, 0.15) is 15.3 Å². The zero-order valence-corrected chi connectivity index (χ0v) is 13.2. The van der Waals surface area contributed by atoms with E-state index in [-0.39, 0.29) is 0 Å². The lowest BCUT2D eigenvalue weighted by atomic mass is 10.2. The van der Waals surface area contributed by atoms with Crippen molar-refractivity contribution in [1.82, 2.24) is 4.31 Å². The molecule has 0 atom stereocenters. The normalized spacial score (nSPS) is 12.0. The summed E-state index contributed by atoms with van der Waals surface area (Å²) in [5.41, 5.74) is 6.54. The van der Waals surface area contributed by atoms with Crippen LogP contribution in [-0.2, 0) is 23.1 Å². The van der Waals surface area contributed by atoms with E-state index in [4.69, 9.17) is 5.73 Å². The van der Waals surface area contributed by atoms with Crippen LogP contribution < -0.4 is 5.73 Å². The molecule has 20 heavy (non-hydrogen) atoms. The average Bonchev–Trinajstić information content (AvgIpc) is 2.82. The highest BCUT2D eigenvalue weighted by Gasteiger charge is 2.24. The Morgan fingerprint density at radius 3 is 2.45 bits per heavy atom. The van der Waals surface area contributed by atoms with Gasteiger partial charge in [0.1, 0.15) is 0 Å². The summed E-state index contributed by atoms with van der Waals surface area (Å²) in [6.45, 7) is 2.53. The highest BCUT2D eigenvalue weighted by molar-refractivity contribution is 7.89. The Hall–Kier alpha value is -1.21. The van der Waals surface area contributed by atoms with Gasteiger partial charge in [-0.1, -0.05) is 30.3 Å². The molecule has 0 bridgehead atoms. The van der Waals surface area contributed by atoms with Crippen LogP contribution in [0.25, 0.3) is 0 Å². The molecule has 1 heterocycles. The molecule has 0 saturated carbocycles. The molecule has 0 unspecified atom stereocenters. The maximum Gasteiger partial charge on any atom is 0.244 e. The third kappa shape index (κ3) is 3.09. The molecule has 6 heteroatoms. The van der Waals surface area contributed by atoms with E-state index in [2.05, 4.69) is 0 Å². The van der Waals surface area contributed by atoms with Gasteiger partial charge < -0.3 is 5.73 Å². The van der Waals surface area contributed by atoms with Crippen LogP contribution in [0.5, 0.6) is 0 Å². The Morgan fingerprint density at radius 1 is 1.25 bits per heavy atom. The molecule has 4 nitrogen and oxygen atoms in total. The molecule has 0 amide bonds. The van der Waals surface area contributed by atoms with Gasteiger partial charge in [-0.15, -0.1) is 11.3 Å². The number of aryl methyl sites for hydroxylation is 1. The molecule has 2 aromatic rings. The Labute approximate surface area is 123 Å². The summed E-state index contributed by atoms with van der Waals surface area (Å²) < 4.78 is 26.5. The molecule has 108 valence electrons. The maximum atomic E-state index is 12.6. The van der Waals surface area contributed by atoms with Gasteiger partial charge in [0.2, 0.25) is 10.0 Å². The van der Waals surface area contributed by atoms with E-state index >= 15 is 0 Å². The van der Waals surface area contributed by atoms with Gasteiger partial charge in [-0.05, 0) is 18.6 Å². The van der Waals surface area contributed by atoms with Crippen molar-refractivity contribution in [3.05, 3.63) is 51.7 Å². The van der Waals surface area contributed by atoms with Crippen LogP contribution in [0.15, 0.2) is 41.3 Å². The molecule has 0 radical (unpaired) electrons. The van der Waals surface area contributed by atoms with E-state index in [1.165, 1.54) is 15.6 Å². The SMILES string of the molecule is Cc1sc(CN)cc1S(=O)(=O)N(C)Cc1ccccc1. The minimum atomic E-state index is -3.47. The number of rotatable bonds is 5. The third-order valence-electron chi connectivity index (χ3n) is 3.06. The summed E-state index contributed by atoms with van der Waals surface area (Å²) in [4.78, 5) is 2.03. The maximum absolute atomic E-state index is 12.6. The molecular formula is C14H18N2O2S2. The quantitative estimate of drug-likeness (QED) is 0.922. The first-order valence-electron chi connectivity index (χ1n) is 6.25. The van der Waals surface area contributed by atoms with Crippen molar-refractivity contribution in [2.75, 3.05) is 7.05 Å². The molecule has 2 rings (SSSR count). The topological polar surface area (TPSA) is 63.4 Å². The summed E-state index contributed by atoms with van der Waals surface area (Å²) in [5.74, 6) is 0. The first kappa shape index (κ1) is 15.2. The highest BCUT2D eigenvalue weighted by atomic mass is 32.2. The number of thiophene rings is 1. The standard InChI is InChI=1S/C14H18N2O2S2/c1-11-14(8-13(9-15)19-11)20(17,18)16(2)10-12-6-4-3-5-7-12/h3-8H,9-10,15H2,1-2H3. The van der Waals surface area contributed by atoms with E-state index in [0.717, 1.165) is 15.3 Å². The van der Waals surface area contributed by atoms with Crippen LogP contribution in [0, 0.1) is 6.92 Å². The molecular weight excluding hydrogens is 292 g/mol. The molecule has 2 N–H and O–H groups in total. The van der Waals surface area contributed by atoms with Gasteiger partial charge in [0.25, 0.3) is 0 Å². The van der Waals surface area contributed by atoms with Crippen molar-refractivity contribution in [3.63, 3.8) is 0 Å². The van der Waals surface area contributed by atoms with Gasteiger partial charge >= 0.3 is 0 Å². The lowest BCUT2D eigenvalue weighted by Gasteiger charge is -2.17. The van der Waals surface area contributed by atoms with Crippen molar-refractivity contribution in [1.29, 1.82) is 0 Å². The van der Waals surface area contributed by atoms with Crippen molar-refractivity contribution in [3.8, 4) is 0 Å². The monoisotopic (exact) mass is 310 g/mol. The second-order valence-corrected chi connectivity index (χ2v) is 7.94. The number of benzene rings is 1. The fourth-order valence-electron chi connectivity index (χ4n) is 1.97. The smallest absolute Gasteiger partial charge is 0.244 e. The van der Waals surface area contributed by atoms with Gasteiger partial charge in [-0.2, -0.15) is 4.31 Å². The summed E-state index contributed by atoms with van der Waals surface area (Å²) in [5, 5.41) is 0. The summed E-state index contributed by atoms with van der Waals surface area (Å²) in [6, 6.07) is 11.2. The minimum Gasteiger partial charge on any atom is -0.326 e. The molecule has 1 aromatic carbocycles. The van der Waals surface area contributed by atoms with Crippen LogP contribution in [0.3, 0.4) is 0 Å². The molecule has 0 spiro atoms. The lowest BCUT2D eigenvalue weighted by Crippen LogP contribution is -2.26. The van der Waals surface area contributed by atoms with Gasteiger partial charge in [0, 0.05) is 29.9 Å². The van der Waals surface area contributed by atoms with Crippen molar-refractivity contribution in [2.24, 2.45) is 5.73 Å². The number of nitrogens with two attached hydrogens (primary N) is 1. The molecule has 0 fully saturated rings. The summed E-state index contributed by atoms with van der Waals surface area (Å²) >= 11 is 1.43. The van der Waals surface area contributed by atoms with Crippen LogP contribution in [-0.4, -0.2) is 19.8 Å². The Bertz CT molecular complexity index is 678. The summed E-state index contributed by atoms with van der Waals surface area (Å²) in [6.07, 6.45) is 0. The first-order chi connectivity index (χ1) is 9.45. The van der Waals surface area contributed by atoms with Crippen molar-refractivity contribution < 1.29 is 8.42 Å². The zero-order valence-electron chi connectivity index (χ0n) is 11.5. The predicted octanol–water partition coefficient (Wildman–Crippen LogP) is 2.34. The largest absolute Gasteiger partial charge is 0.326 e. The van der Waals surface area contributed by atoms with Gasteiger partial charge in [0.05, 0.1) is 4.90 Å². The number of sulfonamides is 1. The third-order valence-corrected chi connectivity index (χ3v) is 6.19. The molecule has 0 aliphatic rings. The number of hydrogen-bond donors (Lipinski definition) is 1. The zero-order chi connectivity index (χ0) is 14.8. The van der Waals surface area contributed by atoms with Crippen molar-refractivity contribution >= 4 is 21.4 Å². The van der Waals surface area contributed by atoms with Gasteiger partial charge in [0.15, 0.2) is 0 Å². The minimum absolute atomic E-state index is 0.358. The Balaban J connectivity index is 2.27. The fourth-order valence-corrected chi connectivity index (χ4v) is 4.61. The molecule has 1 aromatic heterocycles. The first-order valence-corrected chi connectivity index (χ1v) is 8.50. The van der Waals surface area contributed by atoms with E-state index in [9.17, 15) is 8.42 Å². The predicted molar refractivity (Wildman–Crippen MR) is 82.0 cm³/mol. The number of hydrogen-bond acceptors (Lipinski definition) is 4. The number of nitrogens with zero attached hydrogens (tertiary/aromatic N) is 1. The highest BCUT2D eigenvalue weighted by Crippen LogP contribution is 2.28. The fraction of sp³-hybridized carbons (Fsp3) is 0.286. The van der Waals surface area contributed by atoms with E-state index in [1.54, 1.807) is 13.1 Å². The van der Waals surface area contributed by atoms with Gasteiger partial charge in [-0.3, -0.25) is 0 Å². The Kier molecular flexibility index (Phi) is 4.59. The molecule has 0 aliphatic carbocycles. The second kappa shape index (κ2) is 6.05. The molecule has 0 saturated heterocycles. The lowest BCUT2D eigenvalue weighted by molar-refractivity contribution is 0.466. The summed E-state index contributed by atoms with van der Waals surface area (Å²) in [7, 11) is -1.87. The van der Waals surface area contributed by atoms with Gasteiger partial charge in [-0.25, -0.2) is 8.42 Å². The Morgan fingerprint density at radius 2 is 1.90 bits per heavy atom. The van der Waals surface area contributed by atoms with E-state index in [0.29, 0.717) is 18.0 Å². The van der Waals surface area contributed by atoms with Crippen molar-refractivity contribution in [2.45, 2.75) is 24.9 Å². The van der Waals surface area contributed by atoms with E-state index < -0.39 is 10.0 Å². The molecule has 0 aliphatic heterocycles. The second-order valence-electron chi connectivity index (χ2n) is 4.58. The average molecular weight is 310 g/mol.